The molecule has 0 aliphatic rings. The average molecular weight is 194 g/mol. The third-order valence-electron chi connectivity index (χ3n) is 2.42. The Kier molecular flexibility index (Phi) is 3.29. The molecule has 2 heteroatoms. The molecule has 0 aromatic heterocycles. The van der Waals surface area contributed by atoms with Gasteiger partial charge in [-0.15, -0.1) is 0 Å². The van der Waals surface area contributed by atoms with E-state index in [0.717, 1.165) is 11.1 Å². The maximum absolute atomic E-state index is 9.83. The smallest absolute Gasteiger partial charge is 0.0840 e. The second-order valence-electron chi connectivity index (χ2n) is 4.06. The molecule has 1 N–H and O–H groups in total. The molecule has 0 fully saturated rings. The van der Waals surface area contributed by atoms with Gasteiger partial charge in [-0.2, -0.15) is 0 Å². The van der Waals surface area contributed by atoms with Crippen LogP contribution in [-0.2, 0) is 10.3 Å². The van der Waals surface area contributed by atoms with Gasteiger partial charge >= 0.3 is 0 Å². The van der Waals surface area contributed by atoms with Crippen molar-refractivity contribution in [1.82, 2.24) is 0 Å². The van der Waals surface area contributed by atoms with Crippen molar-refractivity contribution >= 4 is 0 Å². The van der Waals surface area contributed by atoms with Crippen LogP contribution in [0.15, 0.2) is 24.3 Å². The first kappa shape index (κ1) is 11.2. The van der Waals surface area contributed by atoms with Crippen LogP contribution in [0.25, 0.3) is 0 Å². The Morgan fingerprint density at radius 3 is 2.50 bits per heavy atom. The highest BCUT2D eigenvalue weighted by molar-refractivity contribution is 5.28. The SMILES string of the molecule is COC(C)c1cccc(C(C)(C)O)c1. The summed E-state index contributed by atoms with van der Waals surface area (Å²) in [5.41, 5.74) is 1.22. The van der Waals surface area contributed by atoms with Gasteiger partial charge in [0, 0.05) is 7.11 Å². The summed E-state index contributed by atoms with van der Waals surface area (Å²) in [5, 5.41) is 9.83. The Balaban J connectivity index is 3.01. The van der Waals surface area contributed by atoms with Gasteiger partial charge in [-0.05, 0) is 31.9 Å². The molecule has 1 unspecified atom stereocenters. The van der Waals surface area contributed by atoms with Crippen LogP contribution in [0.3, 0.4) is 0 Å². The van der Waals surface area contributed by atoms with E-state index in [4.69, 9.17) is 4.74 Å². The maximum Gasteiger partial charge on any atom is 0.0840 e. The lowest BCUT2D eigenvalue weighted by Gasteiger charge is -2.19. The fraction of sp³-hybridized carbons (Fsp3) is 0.500. The van der Waals surface area contributed by atoms with Crippen molar-refractivity contribution in [2.45, 2.75) is 32.5 Å². The number of hydrogen-bond acceptors (Lipinski definition) is 2. The molecule has 78 valence electrons. The van der Waals surface area contributed by atoms with Crippen LogP contribution in [0.4, 0.5) is 0 Å². The molecule has 1 rings (SSSR count). The van der Waals surface area contributed by atoms with Crippen molar-refractivity contribution < 1.29 is 9.84 Å². The monoisotopic (exact) mass is 194 g/mol. The van der Waals surface area contributed by atoms with Gasteiger partial charge in [-0.25, -0.2) is 0 Å². The molecule has 0 saturated heterocycles. The van der Waals surface area contributed by atoms with E-state index in [-0.39, 0.29) is 6.10 Å². The number of methoxy groups -OCH3 is 1. The molecular weight excluding hydrogens is 176 g/mol. The summed E-state index contributed by atoms with van der Waals surface area (Å²) in [4.78, 5) is 0. The van der Waals surface area contributed by atoms with Crippen molar-refractivity contribution in [3.8, 4) is 0 Å². The fourth-order valence-electron chi connectivity index (χ4n) is 1.31. The quantitative estimate of drug-likeness (QED) is 0.801. The zero-order chi connectivity index (χ0) is 10.8. The standard InChI is InChI=1S/C12H18O2/c1-9(14-4)10-6-5-7-11(8-10)12(2,3)13/h5-9,13H,1-4H3. The minimum atomic E-state index is -0.788. The van der Waals surface area contributed by atoms with Gasteiger partial charge in [0.25, 0.3) is 0 Å². The average Bonchev–Trinajstić information content (AvgIpc) is 2.15. The predicted molar refractivity (Wildman–Crippen MR) is 57.1 cm³/mol. The second-order valence-corrected chi connectivity index (χ2v) is 4.06. The minimum Gasteiger partial charge on any atom is -0.386 e. The highest BCUT2D eigenvalue weighted by atomic mass is 16.5. The lowest BCUT2D eigenvalue weighted by atomic mass is 9.95. The van der Waals surface area contributed by atoms with Crippen molar-refractivity contribution in [3.05, 3.63) is 35.4 Å². The van der Waals surface area contributed by atoms with E-state index in [1.165, 1.54) is 0 Å². The largest absolute Gasteiger partial charge is 0.386 e. The van der Waals surface area contributed by atoms with Gasteiger partial charge in [0.15, 0.2) is 0 Å². The summed E-state index contributed by atoms with van der Waals surface area (Å²) in [5.74, 6) is 0. The molecule has 0 saturated carbocycles. The van der Waals surface area contributed by atoms with Crippen LogP contribution in [0.2, 0.25) is 0 Å². The van der Waals surface area contributed by atoms with Crippen LogP contribution in [0.1, 0.15) is 38.0 Å². The molecule has 0 spiro atoms. The van der Waals surface area contributed by atoms with Gasteiger partial charge in [0.05, 0.1) is 11.7 Å². The molecule has 14 heavy (non-hydrogen) atoms. The van der Waals surface area contributed by atoms with Crippen LogP contribution in [0.5, 0.6) is 0 Å². The second kappa shape index (κ2) is 4.11. The molecule has 1 aromatic carbocycles. The molecule has 1 aromatic rings. The Labute approximate surface area is 85.5 Å². The third-order valence-corrected chi connectivity index (χ3v) is 2.42. The van der Waals surface area contributed by atoms with Crippen molar-refractivity contribution in [3.63, 3.8) is 0 Å². The summed E-state index contributed by atoms with van der Waals surface area (Å²) in [6.45, 7) is 5.55. The van der Waals surface area contributed by atoms with E-state index in [2.05, 4.69) is 0 Å². The minimum absolute atomic E-state index is 0.0669. The van der Waals surface area contributed by atoms with Gasteiger partial charge in [-0.3, -0.25) is 0 Å². The van der Waals surface area contributed by atoms with Crippen molar-refractivity contribution in [1.29, 1.82) is 0 Å². The molecule has 1 atom stereocenters. The van der Waals surface area contributed by atoms with Crippen LogP contribution in [0, 0.1) is 0 Å². The number of aliphatic hydroxyl groups is 1. The lowest BCUT2D eigenvalue weighted by molar-refractivity contribution is 0.0777. The molecule has 0 bridgehead atoms. The summed E-state index contributed by atoms with van der Waals surface area (Å²) in [6.07, 6.45) is 0.0669. The Hall–Kier alpha value is -0.860. The van der Waals surface area contributed by atoms with Crippen LogP contribution in [-0.4, -0.2) is 12.2 Å². The molecular formula is C12H18O2. The van der Waals surface area contributed by atoms with Crippen molar-refractivity contribution in [2.24, 2.45) is 0 Å². The first-order chi connectivity index (χ1) is 6.45. The zero-order valence-corrected chi connectivity index (χ0v) is 9.24. The number of ether oxygens (including phenoxy) is 1. The first-order valence-electron chi connectivity index (χ1n) is 4.80. The zero-order valence-electron chi connectivity index (χ0n) is 9.24. The highest BCUT2D eigenvalue weighted by Gasteiger charge is 2.16. The molecule has 0 aliphatic carbocycles. The Morgan fingerprint density at radius 2 is 2.00 bits per heavy atom. The topological polar surface area (TPSA) is 29.5 Å². The van der Waals surface area contributed by atoms with E-state index in [9.17, 15) is 5.11 Å². The normalized spacial score (nSPS) is 14.1. The van der Waals surface area contributed by atoms with E-state index in [1.54, 1.807) is 21.0 Å². The molecule has 0 radical (unpaired) electrons. The predicted octanol–water partition coefficient (Wildman–Crippen LogP) is 2.62. The van der Waals surface area contributed by atoms with Crippen LogP contribution < -0.4 is 0 Å². The summed E-state index contributed by atoms with van der Waals surface area (Å²) < 4.78 is 5.22. The summed E-state index contributed by atoms with van der Waals surface area (Å²) in [7, 11) is 1.68. The van der Waals surface area contributed by atoms with E-state index >= 15 is 0 Å². The molecule has 2 nitrogen and oxygen atoms in total. The number of rotatable bonds is 3. The molecule has 0 amide bonds. The Morgan fingerprint density at radius 1 is 1.36 bits per heavy atom. The molecule has 0 heterocycles. The first-order valence-corrected chi connectivity index (χ1v) is 4.80. The van der Waals surface area contributed by atoms with Gasteiger partial charge in [-0.1, -0.05) is 24.3 Å². The maximum atomic E-state index is 9.83. The lowest BCUT2D eigenvalue weighted by Crippen LogP contribution is -2.15. The summed E-state index contributed by atoms with van der Waals surface area (Å²) >= 11 is 0. The van der Waals surface area contributed by atoms with E-state index in [1.807, 2.05) is 31.2 Å². The third kappa shape index (κ3) is 2.56. The fourth-order valence-corrected chi connectivity index (χ4v) is 1.31. The van der Waals surface area contributed by atoms with Crippen LogP contribution >= 0.6 is 0 Å². The highest BCUT2D eigenvalue weighted by Crippen LogP contribution is 2.24. The van der Waals surface area contributed by atoms with Gasteiger partial charge in [0.1, 0.15) is 0 Å². The van der Waals surface area contributed by atoms with Gasteiger partial charge in [0.2, 0.25) is 0 Å². The summed E-state index contributed by atoms with van der Waals surface area (Å²) in [6, 6.07) is 7.85. The van der Waals surface area contributed by atoms with Gasteiger partial charge < -0.3 is 9.84 Å². The van der Waals surface area contributed by atoms with Crippen molar-refractivity contribution in [2.75, 3.05) is 7.11 Å². The number of benzene rings is 1. The Bertz CT molecular complexity index is 299. The van der Waals surface area contributed by atoms with E-state index < -0.39 is 5.60 Å². The molecule has 0 aliphatic heterocycles. The van der Waals surface area contributed by atoms with E-state index in [0.29, 0.717) is 0 Å². The number of hydrogen-bond donors (Lipinski definition) is 1.